The highest BCUT2D eigenvalue weighted by Crippen LogP contribution is 2.39. The average Bonchev–Trinajstić information content (AvgIpc) is 3.20. The fourth-order valence-corrected chi connectivity index (χ4v) is 5.12. The second kappa shape index (κ2) is 8.58. The molecule has 2 heterocycles. The van der Waals surface area contributed by atoms with Crippen LogP contribution in [0.1, 0.15) is 26.3 Å². The maximum absolute atomic E-state index is 12.9. The topological polar surface area (TPSA) is 101 Å². The molecule has 0 unspecified atom stereocenters. The number of rotatable bonds is 4. The van der Waals surface area contributed by atoms with Gasteiger partial charge in [-0.2, -0.15) is 0 Å². The lowest BCUT2D eigenvalue weighted by Gasteiger charge is -2.35. The van der Waals surface area contributed by atoms with Gasteiger partial charge in [-0.3, -0.25) is 14.4 Å². The molecule has 4 rings (SSSR count). The summed E-state index contributed by atoms with van der Waals surface area (Å²) < 4.78 is 32.2. The SMILES string of the molecule is CC(C)(C)c1ccc2c(c1)N(S(C)(=O)=O)C[C@@H](C(=O)Nc1nnc(-c3ccc(Cl)cc3)s1)O2. The summed E-state index contributed by atoms with van der Waals surface area (Å²) in [7, 11) is -3.64. The first-order chi connectivity index (χ1) is 15.4. The van der Waals surface area contributed by atoms with Crippen LogP contribution in [0.25, 0.3) is 10.6 Å². The first kappa shape index (κ1) is 23.5. The third kappa shape index (κ3) is 5.13. The molecule has 3 aromatic rings. The van der Waals surface area contributed by atoms with E-state index in [1.807, 2.05) is 39.0 Å². The van der Waals surface area contributed by atoms with Crippen LogP contribution in [0.5, 0.6) is 5.75 Å². The van der Waals surface area contributed by atoms with Gasteiger partial charge in [0, 0.05) is 10.6 Å². The summed E-state index contributed by atoms with van der Waals surface area (Å²) in [5, 5.41) is 12.3. The van der Waals surface area contributed by atoms with Crippen molar-refractivity contribution in [2.45, 2.75) is 32.3 Å². The molecule has 1 amide bonds. The molecular weight excluding hydrogens is 484 g/mol. The highest BCUT2D eigenvalue weighted by molar-refractivity contribution is 7.92. The summed E-state index contributed by atoms with van der Waals surface area (Å²) in [6.07, 6.45) is 0.0693. The molecular formula is C22H23ClN4O4S2. The zero-order valence-corrected chi connectivity index (χ0v) is 20.9. The Morgan fingerprint density at radius 2 is 1.88 bits per heavy atom. The summed E-state index contributed by atoms with van der Waals surface area (Å²) >= 11 is 7.12. The highest BCUT2D eigenvalue weighted by atomic mass is 35.5. The number of benzene rings is 2. The van der Waals surface area contributed by atoms with Gasteiger partial charge in [0.25, 0.3) is 5.91 Å². The van der Waals surface area contributed by atoms with Crippen LogP contribution < -0.4 is 14.4 Å². The third-order valence-electron chi connectivity index (χ3n) is 5.13. The number of carbonyl (C=O) groups excluding carboxylic acids is 1. The molecule has 1 atom stereocenters. The summed E-state index contributed by atoms with van der Waals surface area (Å²) in [5.41, 5.74) is 2.03. The molecule has 0 fully saturated rings. The Bertz CT molecular complexity index is 1300. The van der Waals surface area contributed by atoms with Crippen molar-refractivity contribution in [2.24, 2.45) is 0 Å². The molecule has 8 nitrogen and oxygen atoms in total. The van der Waals surface area contributed by atoms with Crippen LogP contribution in [0.2, 0.25) is 5.02 Å². The minimum absolute atomic E-state index is 0.145. The molecule has 0 spiro atoms. The number of aromatic nitrogens is 2. The van der Waals surface area contributed by atoms with E-state index in [4.69, 9.17) is 16.3 Å². The van der Waals surface area contributed by atoms with Gasteiger partial charge in [0.2, 0.25) is 15.2 Å². The van der Waals surface area contributed by atoms with Gasteiger partial charge in [0.05, 0.1) is 18.5 Å². The van der Waals surface area contributed by atoms with Gasteiger partial charge in [-0.25, -0.2) is 8.42 Å². The van der Waals surface area contributed by atoms with E-state index >= 15 is 0 Å². The number of ether oxygens (including phenoxy) is 1. The Labute approximate surface area is 201 Å². The Morgan fingerprint density at radius 3 is 2.52 bits per heavy atom. The predicted octanol–water partition coefficient (Wildman–Crippen LogP) is 4.32. The predicted molar refractivity (Wildman–Crippen MR) is 131 cm³/mol. The molecule has 1 N–H and O–H groups in total. The molecule has 0 bridgehead atoms. The minimum Gasteiger partial charge on any atom is -0.476 e. The zero-order chi connectivity index (χ0) is 24.0. The summed E-state index contributed by atoms with van der Waals surface area (Å²) in [4.78, 5) is 12.9. The number of sulfonamides is 1. The maximum Gasteiger partial charge on any atom is 0.269 e. The van der Waals surface area contributed by atoms with Crippen LogP contribution in [-0.2, 0) is 20.2 Å². The van der Waals surface area contributed by atoms with Gasteiger partial charge in [-0.05, 0) is 35.2 Å². The van der Waals surface area contributed by atoms with Gasteiger partial charge in [-0.15, -0.1) is 10.2 Å². The Hall–Kier alpha value is -2.69. The van der Waals surface area contributed by atoms with Crippen molar-refractivity contribution >= 4 is 49.7 Å². The van der Waals surface area contributed by atoms with Gasteiger partial charge in [-0.1, -0.05) is 61.9 Å². The molecule has 0 saturated heterocycles. The molecule has 0 aliphatic carbocycles. The van der Waals surface area contributed by atoms with E-state index in [1.165, 1.54) is 15.6 Å². The van der Waals surface area contributed by atoms with Gasteiger partial charge < -0.3 is 4.74 Å². The number of halogens is 1. The third-order valence-corrected chi connectivity index (χ3v) is 7.42. The van der Waals surface area contributed by atoms with Crippen molar-refractivity contribution in [3.05, 3.63) is 53.1 Å². The molecule has 1 aliphatic rings. The standard InChI is InChI=1S/C22H23ClN4O4S2/c1-22(2,3)14-7-10-17-16(11-14)27(33(4,29)30)12-18(31-17)19(28)24-21-26-25-20(32-21)13-5-8-15(23)9-6-13/h5-11,18H,12H2,1-4H3,(H,24,26,28)/t18-/m0/s1. The van der Waals surface area contributed by atoms with Crippen molar-refractivity contribution in [2.75, 3.05) is 22.4 Å². The maximum atomic E-state index is 12.9. The fraction of sp³-hybridized carbons (Fsp3) is 0.318. The molecule has 0 radical (unpaired) electrons. The quantitative estimate of drug-likeness (QED) is 0.565. The van der Waals surface area contributed by atoms with Crippen LogP contribution in [0, 0.1) is 0 Å². The first-order valence-electron chi connectivity index (χ1n) is 10.1. The fourth-order valence-electron chi connectivity index (χ4n) is 3.34. The van der Waals surface area contributed by atoms with E-state index in [0.29, 0.717) is 21.5 Å². The number of fused-ring (bicyclic) bond motifs is 1. The number of nitrogens with one attached hydrogen (secondary N) is 1. The van der Waals surface area contributed by atoms with Gasteiger partial charge >= 0.3 is 0 Å². The van der Waals surface area contributed by atoms with Crippen molar-refractivity contribution in [1.82, 2.24) is 10.2 Å². The van der Waals surface area contributed by atoms with Crippen LogP contribution >= 0.6 is 22.9 Å². The minimum atomic E-state index is -3.64. The van der Waals surface area contributed by atoms with Crippen molar-refractivity contribution in [1.29, 1.82) is 0 Å². The second-order valence-electron chi connectivity index (χ2n) is 8.74. The van der Waals surface area contributed by atoms with E-state index in [2.05, 4.69) is 15.5 Å². The monoisotopic (exact) mass is 506 g/mol. The Morgan fingerprint density at radius 1 is 1.18 bits per heavy atom. The molecule has 0 saturated carbocycles. The van der Waals surface area contributed by atoms with Crippen LogP contribution in [-0.4, -0.2) is 43.4 Å². The van der Waals surface area contributed by atoms with E-state index in [9.17, 15) is 13.2 Å². The van der Waals surface area contributed by atoms with E-state index in [1.54, 1.807) is 24.3 Å². The number of nitrogens with zero attached hydrogens (tertiary/aromatic N) is 3. The number of anilines is 2. The molecule has 1 aromatic heterocycles. The normalized spacial score (nSPS) is 16.2. The zero-order valence-electron chi connectivity index (χ0n) is 18.5. The molecule has 2 aromatic carbocycles. The summed E-state index contributed by atoms with van der Waals surface area (Å²) in [6, 6.07) is 12.5. The molecule has 33 heavy (non-hydrogen) atoms. The largest absolute Gasteiger partial charge is 0.476 e. The van der Waals surface area contributed by atoms with Crippen molar-refractivity contribution < 1.29 is 17.9 Å². The summed E-state index contributed by atoms with van der Waals surface area (Å²) in [6.45, 7) is 5.98. The lowest BCUT2D eigenvalue weighted by Crippen LogP contribution is -2.48. The molecule has 11 heteroatoms. The van der Waals surface area contributed by atoms with Crippen LogP contribution in [0.4, 0.5) is 10.8 Å². The van der Waals surface area contributed by atoms with E-state index in [-0.39, 0.29) is 17.1 Å². The van der Waals surface area contributed by atoms with Crippen LogP contribution in [0.15, 0.2) is 42.5 Å². The van der Waals surface area contributed by atoms with E-state index < -0.39 is 22.0 Å². The number of amides is 1. The Balaban J connectivity index is 1.56. The first-order valence-corrected chi connectivity index (χ1v) is 13.2. The molecule has 1 aliphatic heterocycles. The lowest BCUT2D eigenvalue weighted by atomic mass is 9.86. The second-order valence-corrected chi connectivity index (χ2v) is 12.1. The summed E-state index contributed by atoms with van der Waals surface area (Å²) in [5.74, 6) is -0.174. The highest BCUT2D eigenvalue weighted by Gasteiger charge is 2.36. The number of hydrogen-bond donors (Lipinski definition) is 1. The van der Waals surface area contributed by atoms with Gasteiger partial charge in [0.1, 0.15) is 10.8 Å². The number of carbonyl (C=O) groups is 1. The van der Waals surface area contributed by atoms with E-state index in [0.717, 1.165) is 17.4 Å². The lowest BCUT2D eigenvalue weighted by molar-refractivity contribution is -0.122. The smallest absolute Gasteiger partial charge is 0.269 e. The van der Waals surface area contributed by atoms with Crippen molar-refractivity contribution in [3.63, 3.8) is 0 Å². The van der Waals surface area contributed by atoms with Crippen molar-refractivity contribution in [3.8, 4) is 16.3 Å². The Kier molecular flexibility index (Phi) is 6.10. The van der Waals surface area contributed by atoms with Crippen LogP contribution in [0.3, 0.4) is 0 Å². The average molecular weight is 507 g/mol. The molecule has 174 valence electrons. The number of hydrogen-bond acceptors (Lipinski definition) is 7. The van der Waals surface area contributed by atoms with Gasteiger partial charge in [0.15, 0.2) is 6.10 Å².